The summed E-state index contributed by atoms with van der Waals surface area (Å²) in [5.41, 5.74) is 1.54. The topological polar surface area (TPSA) is 105 Å². The zero-order chi connectivity index (χ0) is 22.1. The highest BCUT2D eigenvalue weighted by Crippen LogP contribution is 2.38. The van der Waals surface area contributed by atoms with E-state index in [4.69, 9.17) is 4.74 Å². The first-order chi connectivity index (χ1) is 14.2. The molecule has 0 unspecified atom stereocenters. The highest BCUT2D eigenvalue weighted by molar-refractivity contribution is 6.09. The molecule has 0 radical (unpaired) electrons. The van der Waals surface area contributed by atoms with E-state index in [-0.39, 0.29) is 11.8 Å². The maximum Gasteiger partial charge on any atom is 0.327 e. The smallest absolute Gasteiger partial charge is 0.327 e. The minimum atomic E-state index is -1.07. The van der Waals surface area contributed by atoms with Gasteiger partial charge in [-0.15, -0.1) is 0 Å². The third-order valence-corrected chi connectivity index (χ3v) is 6.20. The molecule has 1 saturated carbocycles. The average molecular weight is 415 g/mol. The first-order valence-electron chi connectivity index (χ1n) is 10.4. The van der Waals surface area contributed by atoms with Crippen LogP contribution in [0.15, 0.2) is 18.2 Å². The van der Waals surface area contributed by atoms with Gasteiger partial charge in [0, 0.05) is 5.69 Å². The number of rotatable bonds is 5. The van der Waals surface area contributed by atoms with Crippen LogP contribution in [0, 0.1) is 19.8 Å². The van der Waals surface area contributed by atoms with E-state index in [9.17, 15) is 19.2 Å². The largest absolute Gasteiger partial charge is 0.451 e. The molecule has 8 nitrogen and oxygen atoms in total. The molecule has 1 heterocycles. The molecule has 1 aromatic carbocycles. The molecule has 8 heteroatoms. The van der Waals surface area contributed by atoms with Gasteiger partial charge in [-0.3, -0.25) is 19.3 Å². The Labute approximate surface area is 176 Å². The standard InChI is InChI=1S/C22H29N3O5/c1-13-8-7-9-14(2)18(13)23-19(27)16(4)30-17(26)12-25-20(28)22(24-21(25)29)11-6-5-10-15(22)3/h7-9,15-16H,5-6,10-12H2,1-4H3,(H,23,27)(H,24,29)/t15-,16+,22-/m0/s1. The Balaban J connectivity index is 1.60. The van der Waals surface area contributed by atoms with E-state index in [1.807, 2.05) is 39.0 Å². The van der Waals surface area contributed by atoms with Gasteiger partial charge in [0.1, 0.15) is 12.1 Å². The van der Waals surface area contributed by atoms with Crippen molar-refractivity contribution >= 4 is 29.5 Å². The first-order valence-corrected chi connectivity index (χ1v) is 10.4. The van der Waals surface area contributed by atoms with Crippen molar-refractivity contribution in [1.29, 1.82) is 0 Å². The lowest BCUT2D eigenvalue weighted by Gasteiger charge is -2.36. The van der Waals surface area contributed by atoms with E-state index in [0.717, 1.165) is 35.3 Å². The second kappa shape index (κ2) is 8.45. The van der Waals surface area contributed by atoms with Gasteiger partial charge in [-0.25, -0.2) is 4.79 Å². The van der Waals surface area contributed by atoms with E-state index in [1.165, 1.54) is 6.92 Å². The highest BCUT2D eigenvalue weighted by Gasteiger charge is 2.55. The molecule has 162 valence electrons. The van der Waals surface area contributed by atoms with Gasteiger partial charge in [0.2, 0.25) is 0 Å². The first kappa shape index (κ1) is 21.8. The van der Waals surface area contributed by atoms with E-state index in [2.05, 4.69) is 10.6 Å². The number of hydrogen-bond acceptors (Lipinski definition) is 5. The summed E-state index contributed by atoms with van der Waals surface area (Å²) < 4.78 is 5.20. The van der Waals surface area contributed by atoms with Crippen LogP contribution in [0.5, 0.6) is 0 Å². The van der Waals surface area contributed by atoms with Crippen molar-refractivity contribution in [2.24, 2.45) is 5.92 Å². The van der Waals surface area contributed by atoms with Crippen LogP contribution in [0.25, 0.3) is 0 Å². The molecule has 0 aromatic heterocycles. The summed E-state index contributed by atoms with van der Waals surface area (Å²) in [6.07, 6.45) is 2.21. The molecule has 2 N–H and O–H groups in total. The van der Waals surface area contributed by atoms with Crippen molar-refractivity contribution in [3.05, 3.63) is 29.3 Å². The molecule has 0 bridgehead atoms. The quantitative estimate of drug-likeness (QED) is 0.568. The molecule has 1 spiro atoms. The Kier molecular flexibility index (Phi) is 6.14. The van der Waals surface area contributed by atoms with Gasteiger partial charge in [-0.05, 0) is 50.7 Å². The van der Waals surface area contributed by atoms with Crippen LogP contribution in [0.1, 0.15) is 50.7 Å². The summed E-state index contributed by atoms with van der Waals surface area (Å²) in [5.74, 6) is -1.66. The number of benzene rings is 1. The van der Waals surface area contributed by atoms with Gasteiger partial charge in [0.15, 0.2) is 6.10 Å². The molecule has 1 aliphatic carbocycles. The van der Waals surface area contributed by atoms with Gasteiger partial charge in [-0.2, -0.15) is 0 Å². The lowest BCUT2D eigenvalue weighted by molar-refractivity contribution is -0.155. The fourth-order valence-corrected chi connectivity index (χ4v) is 4.29. The molecule has 2 fully saturated rings. The minimum Gasteiger partial charge on any atom is -0.451 e. The second-order valence-corrected chi connectivity index (χ2v) is 8.33. The van der Waals surface area contributed by atoms with Crippen LogP contribution < -0.4 is 10.6 Å². The summed E-state index contributed by atoms with van der Waals surface area (Å²) in [6, 6.07) is 5.05. The van der Waals surface area contributed by atoms with E-state index in [0.29, 0.717) is 12.1 Å². The molecular weight excluding hydrogens is 386 g/mol. The van der Waals surface area contributed by atoms with Crippen molar-refractivity contribution < 1.29 is 23.9 Å². The van der Waals surface area contributed by atoms with E-state index in [1.54, 1.807) is 0 Å². The van der Waals surface area contributed by atoms with Crippen molar-refractivity contribution in [3.8, 4) is 0 Å². The van der Waals surface area contributed by atoms with Gasteiger partial charge >= 0.3 is 12.0 Å². The molecule has 4 amide bonds. The Morgan fingerprint density at radius 3 is 2.57 bits per heavy atom. The van der Waals surface area contributed by atoms with Crippen molar-refractivity contribution in [3.63, 3.8) is 0 Å². The van der Waals surface area contributed by atoms with Crippen molar-refractivity contribution in [2.45, 2.75) is 65.0 Å². The average Bonchev–Trinajstić information content (AvgIpc) is 2.92. The van der Waals surface area contributed by atoms with E-state index < -0.39 is 36.1 Å². The summed E-state index contributed by atoms with van der Waals surface area (Å²) in [4.78, 5) is 51.0. The summed E-state index contributed by atoms with van der Waals surface area (Å²) >= 11 is 0. The number of urea groups is 1. The summed E-state index contributed by atoms with van der Waals surface area (Å²) in [6.45, 7) is 6.63. The SMILES string of the molecule is Cc1cccc(C)c1NC(=O)[C@@H](C)OC(=O)CN1C(=O)N[C@]2(CCCC[C@@H]2C)C1=O. The Morgan fingerprint density at radius 2 is 1.93 bits per heavy atom. The van der Waals surface area contributed by atoms with E-state index >= 15 is 0 Å². The van der Waals surface area contributed by atoms with Crippen molar-refractivity contribution in [1.82, 2.24) is 10.2 Å². The fourth-order valence-electron chi connectivity index (χ4n) is 4.29. The zero-order valence-electron chi connectivity index (χ0n) is 17.9. The number of anilines is 1. The summed E-state index contributed by atoms with van der Waals surface area (Å²) in [5, 5.41) is 5.57. The lowest BCUT2D eigenvalue weighted by Crippen LogP contribution is -2.54. The summed E-state index contributed by atoms with van der Waals surface area (Å²) in [7, 11) is 0. The molecule has 1 aliphatic heterocycles. The number of aryl methyl sites for hydroxylation is 2. The zero-order valence-corrected chi connectivity index (χ0v) is 17.9. The predicted molar refractivity (Wildman–Crippen MR) is 111 cm³/mol. The second-order valence-electron chi connectivity index (χ2n) is 8.33. The Morgan fingerprint density at radius 1 is 1.27 bits per heavy atom. The normalized spacial score (nSPS) is 24.5. The number of para-hydroxylation sites is 1. The molecular formula is C22H29N3O5. The highest BCUT2D eigenvalue weighted by atomic mass is 16.5. The maximum atomic E-state index is 12.9. The third-order valence-electron chi connectivity index (χ3n) is 6.20. The molecule has 1 aromatic rings. The molecule has 3 atom stereocenters. The number of imide groups is 1. The maximum absolute atomic E-state index is 12.9. The minimum absolute atomic E-state index is 0.00535. The molecule has 2 aliphatic rings. The fraction of sp³-hybridized carbons (Fsp3) is 0.545. The predicted octanol–water partition coefficient (Wildman–Crippen LogP) is 2.67. The Hall–Kier alpha value is -2.90. The number of nitrogens with zero attached hydrogens (tertiary/aromatic N) is 1. The third kappa shape index (κ3) is 4.04. The number of ether oxygens (including phenoxy) is 1. The van der Waals surface area contributed by atoms with Crippen LogP contribution in [0.4, 0.5) is 10.5 Å². The number of carbonyl (C=O) groups is 4. The van der Waals surface area contributed by atoms with Crippen LogP contribution in [-0.2, 0) is 19.1 Å². The molecule has 3 rings (SSSR count). The molecule has 30 heavy (non-hydrogen) atoms. The number of amides is 4. The van der Waals surface area contributed by atoms with Gasteiger partial charge in [0.05, 0.1) is 0 Å². The number of carbonyl (C=O) groups excluding carboxylic acids is 4. The van der Waals surface area contributed by atoms with Crippen molar-refractivity contribution in [2.75, 3.05) is 11.9 Å². The molecule has 1 saturated heterocycles. The number of hydrogen-bond donors (Lipinski definition) is 2. The van der Waals surface area contributed by atoms with Crippen LogP contribution in [-0.4, -0.2) is 46.9 Å². The Bertz CT molecular complexity index is 863. The van der Waals surface area contributed by atoms with Gasteiger partial charge in [0.25, 0.3) is 11.8 Å². The van der Waals surface area contributed by atoms with Gasteiger partial charge in [-0.1, -0.05) is 38.0 Å². The van der Waals surface area contributed by atoms with Crippen LogP contribution >= 0.6 is 0 Å². The van der Waals surface area contributed by atoms with Crippen LogP contribution in [0.2, 0.25) is 0 Å². The van der Waals surface area contributed by atoms with Gasteiger partial charge < -0.3 is 15.4 Å². The number of nitrogens with one attached hydrogen (secondary N) is 2. The van der Waals surface area contributed by atoms with Crippen LogP contribution in [0.3, 0.4) is 0 Å². The lowest BCUT2D eigenvalue weighted by atomic mass is 9.73. The monoisotopic (exact) mass is 415 g/mol. The number of esters is 1.